The molecule has 2 aromatic rings. The summed E-state index contributed by atoms with van der Waals surface area (Å²) in [4.78, 5) is 4.57. The van der Waals surface area contributed by atoms with Crippen molar-refractivity contribution in [2.24, 2.45) is 0 Å². The van der Waals surface area contributed by atoms with Gasteiger partial charge in [-0.15, -0.1) is 11.6 Å². The lowest BCUT2D eigenvalue weighted by atomic mass is 10.1. The van der Waals surface area contributed by atoms with Gasteiger partial charge in [-0.3, -0.25) is 0 Å². The lowest BCUT2D eigenvalue weighted by Gasteiger charge is -2.25. The van der Waals surface area contributed by atoms with Gasteiger partial charge in [0.2, 0.25) is 0 Å². The second-order valence-corrected chi connectivity index (χ2v) is 5.21. The summed E-state index contributed by atoms with van der Waals surface area (Å²) in [6.45, 7) is 1.61. The summed E-state index contributed by atoms with van der Waals surface area (Å²) >= 11 is 12.0. The van der Waals surface area contributed by atoms with E-state index in [2.05, 4.69) is 9.55 Å². The van der Waals surface area contributed by atoms with Crippen LogP contribution < -0.4 is 0 Å². The summed E-state index contributed by atoms with van der Waals surface area (Å²) in [5, 5.41) is 0.709. The maximum absolute atomic E-state index is 6.01. The topological polar surface area (TPSA) is 27.1 Å². The van der Waals surface area contributed by atoms with E-state index in [0.29, 0.717) is 16.9 Å². The van der Waals surface area contributed by atoms with Crippen molar-refractivity contribution < 1.29 is 4.74 Å². The summed E-state index contributed by atoms with van der Waals surface area (Å²) in [6, 6.07) is 6.25. The van der Waals surface area contributed by atoms with Gasteiger partial charge in [0.15, 0.2) is 0 Å². The average Bonchev–Trinajstić information content (AvgIpc) is 2.77. The van der Waals surface area contributed by atoms with Crippen LogP contribution in [0, 0.1) is 0 Å². The van der Waals surface area contributed by atoms with Crippen LogP contribution >= 0.6 is 23.2 Å². The molecule has 0 saturated carbocycles. The summed E-state index contributed by atoms with van der Waals surface area (Å²) < 4.78 is 7.67. The molecule has 1 aromatic carbocycles. The van der Waals surface area contributed by atoms with E-state index in [1.54, 1.807) is 0 Å². The van der Waals surface area contributed by atoms with E-state index < -0.39 is 0 Å². The van der Waals surface area contributed by atoms with E-state index in [1.165, 1.54) is 0 Å². The van der Waals surface area contributed by atoms with Crippen molar-refractivity contribution in [1.29, 1.82) is 0 Å². The predicted octanol–water partition coefficient (Wildman–Crippen LogP) is 3.78. The van der Waals surface area contributed by atoms with E-state index in [-0.39, 0.29) is 0 Å². The number of benzene rings is 1. The molecule has 3 rings (SSSR count). The third-order valence-corrected chi connectivity index (χ3v) is 3.87. The van der Waals surface area contributed by atoms with Crippen LogP contribution in [0.5, 0.6) is 0 Å². The molecule has 1 fully saturated rings. The first-order chi connectivity index (χ1) is 8.79. The second kappa shape index (κ2) is 5.08. The van der Waals surface area contributed by atoms with Crippen LogP contribution in [0.2, 0.25) is 5.02 Å². The van der Waals surface area contributed by atoms with Gasteiger partial charge in [-0.2, -0.15) is 0 Å². The Labute approximate surface area is 116 Å². The molecule has 1 saturated heterocycles. The predicted molar refractivity (Wildman–Crippen MR) is 73.4 cm³/mol. The van der Waals surface area contributed by atoms with E-state index in [4.69, 9.17) is 27.9 Å². The first-order valence-corrected chi connectivity index (χ1v) is 7.01. The Morgan fingerprint density at radius 1 is 1.33 bits per heavy atom. The van der Waals surface area contributed by atoms with Crippen molar-refractivity contribution in [3.05, 3.63) is 29.0 Å². The quantitative estimate of drug-likeness (QED) is 0.785. The zero-order valence-corrected chi connectivity index (χ0v) is 11.4. The minimum atomic E-state index is 0.420. The monoisotopic (exact) mass is 284 g/mol. The highest BCUT2D eigenvalue weighted by atomic mass is 35.5. The third-order valence-electron chi connectivity index (χ3n) is 3.40. The molecule has 5 heteroatoms. The molecule has 0 radical (unpaired) electrons. The van der Waals surface area contributed by atoms with E-state index in [0.717, 1.165) is 42.9 Å². The van der Waals surface area contributed by atoms with Gasteiger partial charge in [0, 0.05) is 24.3 Å². The summed E-state index contributed by atoms with van der Waals surface area (Å²) in [5.74, 6) is 1.34. The Kier molecular flexibility index (Phi) is 3.46. The Morgan fingerprint density at radius 2 is 2.11 bits per heavy atom. The van der Waals surface area contributed by atoms with Crippen LogP contribution in [0.4, 0.5) is 0 Å². The third kappa shape index (κ3) is 2.11. The van der Waals surface area contributed by atoms with Crippen LogP contribution in [0.3, 0.4) is 0 Å². The minimum absolute atomic E-state index is 0.420. The molecule has 0 aliphatic carbocycles. The Bertz CT molecular complexity index is 561. The van der Waals surface area contributed by atoms with Crippen molar-refractivity contribution >= 4 is 34.2 Å². The number of rotatable bonds is 2. The number of imidazole rings is 1. The molecule has 0 bridgehead atoms. The van der Waals surface area contributed by atoms with Gasteiger partial charge in [0.05, 0.1) is 16.9 Å². The molecule has 0 N–H and O–H groups in total. The number of hydrogen-bond donors (Lipinski definition) is 0. The highest BCUT2D eigenvalue weighted by Gasteiger charge is 2.21. The van der Waals surface area contributed by atoms with Gasteiger partial charge in [-0.25, -0.2) is 4.98 Å². The molecule has 0 atom stereocenters. The van der Waals surface area contributed by atoms with Gasteiger partial charge in [0.25, 0.3) is 0 Å². The van der Waals surface area contributed by atoms with Crippen molar-refractivity contribution in [2.75, 3.05) is 13.2 Å². The van der Waals surface area contributed by atoms with Crippen molar-refractivity contribution in [3.8, 4) is 0 Å². The van der Waals surface area contributed by atoms with E-state index in [9.17, 15) is 0 Å². The zero-order chi connectivity index (χ0) is 12.5. The van der Waals surface area contributed by atoms with Gasteiger partial charge >= 0.3 is 0 Å². The number of fused-ring (bicyclic) bond motifs is 1. The standard InChI is InChI=1S/C13H14Cl2N2O/c14-8-13-16-11-7-9(15)1-2-12(11)17(13)10-3-5-18-6-4-10/h1-2,7,10H,3-6,8H2. The van der Waals surface area contributed by atoms with Gasteiger partial charge in [-0.05, 0) is 31.0 Å². The van der Waals surface area contributed by atoms with Crippen LogP contribution in [-0.4, -0.2) is 22.8 Å². The Balaban J connectivity index is 2.12. The summed E-state index contributed by atoms with van der Waals surface area (Å²) in [5.41, 5.74) is 2.03. The van der Waals surface area contributed by atoms with Gasteiger partial charge in [-0.1, -0.05) is 11.6 Å². The van der Waals surface area contributed by atoms with Crippen molar-refractivity contribution in [1.82, 2.24) is 9.55 Å². The molecule has 1 aromatic heterocycles. The smallest absolute Gasteiger partial charge is 0.125 e. The molecule has 2 heterocycles. The number of nitrogens with zero attached hydrogens (tertiary/aromatic N) is 2. The number of halogens is 2. The number of aromatic nitrogens is 2. The molecule has 1 aliphatic rings. The average molecular weight is 285 g/mol. The maximum Gasteiger partial charge on any atom is 0.125 e. The fraction of sp³-hybridized carbons (Fsp3) is 0.462. The first kappa shape index (κ1) is 12.3. The molecule has 1 aliphatic heterocycles. The Hall–Kier alpha value is -0.770. The second-order valence-electron chi connectivity index (χ2n) is 4.51. The number of ether oxygens (including phenoxy) is 1. The molecular weight excluding hydrogens is 271 g/mol. The largest absolute Gasteiger partial charge is 0.381 e. The lowest BCUT2D eigenvalue weighted by Crippen LogP contribution is -2.20. The molecule has 0 spiro atoms. The highest BCUT2D eigenvalue weighted by Crippen LogP contribution is 2.29. The van der Waals surface area contributed by atoms with Gasteiger partial charge in [0.1, 0.15) is 5.82 Å². The normalized spacial score (nSPS) is 17.4. The molecule has 0 amide bonds. The fourth-order valence-electron chi connectivity index (χ4n) is 2.57. The van der Waals surface area contributed by atoms with Crippen molar-refractivity contribution in [3.63, 3.8) is 0 Å². The van der Waals surface area contributed by atoms with E-state index >= 15 is 0 Å². The SMILES string of the molecule is ClCc1nc2cc(Cl)ccc2n1C1CCOCC1. The summed E-state index contributed by atoms with van der Waals surface area (Å²) in [7, 11) is 0. The van der Waals surface area contributed by atoms with Gasteiger partial charge < -0.3 is 9.30 Å². The number of alkyl halides is 1. The molecule has 0 unspecified atom stereocenters. The van der Waals surface area contributed by atoms with Crippen LogP contribution in [0.1, 0.15) is 24.7 Å². The molecule has 18 heavy (non-hydrogen) atoms. The Morgan fingerprint density at radius 3 is 2.83 bits per heavy atom. The van der Waals surface area contributed by atoms with Crippen LogP contribution in [0.15, 0.2) is 18.2 Å². The lowest BCUT2D eigenvalue weighted by molar-refractivity contribution is 0.0700. The zero-order valence-electron chi connectivity index (χ0n) is 9.90. The molecular formula is C13H14Cl2N2O. The number of hydrogen-bond acceptors (Lipinski definition) is 2. The van der Waals surface area contributed by atoms with E-state index in [1.807, 2.05) is 18.2 Å². The first-order valence-electron chi connectivity index (χ1n) is 6.09. The molecule has 96 valence electrons. The highest BCUT2D eigenvalue weighted by molar-refractivity contribution is 6.31. The maximum atomic E-state index is 6.01. The molecule has 3 nitrogen and oxygen atoms in total. The van der Waals surface area contributed by atoms with Crippen LogP contribution in [-0.2, 0) is 10.6 Å². The summed E-state index contributed by atoms with van der Waals surface area (Å²) in [6.07, 6.45) is 2.02. The minimum Gasteiger partial charge on any atom is -0.381 e. The van der Waals surface area contributed by atoms with Crippen molar-refractivity contribution in [2.45, 2.75) is 24.8 Å². The van der Waals surface area contributed by atoms with Crippen LogP contribution in [0.25, 0.3) is 11.0 Å². The fourth-order valence-corrected chi connectivity index (χ4v) is 2.92.